The van der Waals surface area contributed by atoms with Crippen LogP contribution in [0.4, 0.5) is 0 Å². The molecule has 1 fully saturated rings. The number of imide groups is 1. The Morgan fingerprint density at radius 2 is 1.80 bits per heavy atom. The largest absolute Gasteiger partial charge is 0.334 e. The lowest BCUT2D eigenvalue weighted by atomic mass is 10.4. The third kappa shape index (κ3) is 10.1. The van der Waals surface area contributed by atoms with E-state index in [9.17, 15) is 14.4 Å². The lowest BCUT2D eigenvalue weighted by molar-refractivity contribution is -0.197. The van der Waals surface area contributed by atoms with E-state index < -0.39 is 17.8 Å². The molecule has 140 valence electrons. The van der Waals surface area contributed by atoms with Gasteiger partial charge >= 0.3 is 5.97 Å². The molecule has 0 atom stereocenters. The maximum atomic E-state index is 11.5. The molecule has 1 aliphatic heterocycles. The number of aromatic nitrogens is 1. The van der Waals surface area contributed by atoms with Crippen LogP contribution in [0.5, 0.6) is 0 Å². The minimum Gasteiger partial charge on any atom is -0.330 e. The fraction of sp³-hybridized carbons (Fsp3) is 0.529. The van der Waals surface area contributed by atoms with E-state index in [2.05, 4.69) is 18.8 Å². The monoisotopic (exact) mass is 386 g/mol. The highest BCUT2D eigenvalue weighted by Crippen LogP contribution is 2.29. The smallest absolute Gasteiger partial charge is 0.330 e. The summed E-state index contributed by atoms with van der Waals surface area (Å²) in [5.74, 6) is -0.989. The molecule has 0 saturated carbocycles. The van der Waals surface area contributed by atoms with Gasteiger partial charge in [0.1, 0.15) is 5.03 Å². The van der Waals surface area contributed by atoms with Crippen LogP contribution >= 0.6 is 21.6 Å². The summed E-state index contributed by atoms with van der Waals surface area (Å²) in [4.78, 5) is 42.9. The van der Waals surface area contributed by atoms with Crippen molar-refractivity contribution in [2.45, 2.75) is 58.4 Å². The summed E-state index contributed by atoms with van der Waals surface area (Å²) >= 11 is 0. The summed E-state index contributed by atoms with van der Waals surface area (Å²) in [5, 5.41) is 1.43. The van der Waals surface area contributed by atoms with Gasteiger partial charge in [-0.05, 0) is 22.9 Å². The van der Waals surface area contributed by atoms with Gasteiger partial charge in [-0.3, -0.25) is 9.59 Å². The lowest BCUT2D eigenvalue weighted by Gasteiger charge is -2.12. The Kier molecular flexibility index (Phi) is 13.9. The Morgan fingerprint density at radius 3 is 2.32 bits per heavy atom. The van der Waals surface area contributed by atoms with Gasteiger partial charge in [0.25, 0.3) is 11.8 Å². The summed E-state index contributed by atoms with van der Waals surface area (Å²) in [6, 6.07) is 5.59. The summed E-state index contributed by atoms with van der Waals surface area (Å²) < 4.78 is 0. The average Bonchev–Trinajstić information content (AvgIpc) is 2.94. The van der Waals surface area contributed by atoms with Crippen LogP contribution in [0.1, 0.15) is 53.4 Å². The first kappa shape index (κ1) is 23.5. The molecular formula is C17H26N2O4S2. The second-order valence-corrected chi connectivity index (χ2v) is 7.01. The zero-order valence-electron chi connectivity index (χ0n) is 15.2. The Bertz CT molecular complexity index is 511. The molecule has 0 aromatic carbocycles. The van der Waals surface area contributed by atoms with Crippen LogP contribution in [0.25, 0.3) is 0 Å². The first-order valence-corrected chi connectivity index (χ1v) is 10.7. The first-order chi connectivity index (χ1) is 12.1. The minimum absolute atomic E-state index is 0.108. The number of carbonyl (C=O) groups excluding carboxylic acids is 3. The molecule has 0 aliphatic carbocycles. The van der Waals surface area contributed by atoms with E-state index in [1.54, 1.807) is 6.20 Å². The Hall–Kier alpha value is -1.54. The molecule has 0 N–H and O–H groups in total. The van der Waals surface area contributed by atoms with Crippen LogP contribution < -0.4 is 0 Å². The number of hydrogen-bond donors (Lipinski definition) is 0. The summed E-state index contributed by atoms with van der Waals surface area (Å²) in [6.07, 6.45) is 3.29. The average molecular weight is 387 g/mol. The van der Waals surface area contributed by atoms with E-state index in [4.69, 9.17) is 4.84 Å². The van der Waals surface area contributed by atoms with Gasteiger partial charge in [0.15, 0.2) is 0 Å². The molecule has 25 heavy (non-hydrogen) atoms. The van der Waals surface area contributed by atoms with Crippen LogP contribution in [0.15, 0.2) is 29.4 Å². The number of carbonyl (C=O) groups is 3. The quantitative estimate of drug-likeness (QED) is 0.411. The molecule has 0 spiro atoms. The molecule has 1 aromatic heterocycles. The maximum absolute atomic E-state index is 11.5. The predicted octanol–water partition coefficient (Wildman–Crippen LogP) is 4.26. The van der Waals surface area contributed by atoms with E-state index in [1.807, 2.05) is 32.0 Å². The highest BCUT2D eigenvalue weighted by molar-refractivity contribution is 8.76. The number of nitrogens with zero attached hydrogens (tertiary/aromatic N) is 2. The van der Waals surface area contributed by atoms with Crippen LogP contribution in [0.3, 0.4) is 0 Å². The van der Waals surface area contributed by atoms with Gasteiger partial charge in [0.2, 0.25) is 0 Å². The second-order valence-electron chi connectivity index (χ2n) is 4.58. The number of amides is 2. The van der Waals surface area contributed by atoms with Crippen molar-refractivity contribution in [2.24, 2.45) is 0 Å². The minimum atomic E-state index is -0.581. The van der Waals surface area contributed by atoms with Crippen LogP contribution in [0, 0.1) is 0 Å². The number of hydrogen-bond acceptors (Lipinski definition) is 7. The van der Waals surface area contributed by atoms with Gasteiger partial charge in [-0.2, -0.15) is 0 Å². The van der Waals surface area contributed by atoms with Crippen molar-refractivity contribution in [2.75, 3.05) is 5.75 Å². The van der Waals surface area contributed by atoms with Gasteiger partial charge in [-0.1, -0.05) is 51.0 Å². The zero-order valence-corrected chi connectivity index (χ0v) is 16.8. The topological polar surface area (TPSA) is 76.6 Å². The summed E-state index contributed by atoms with van der Waals surface area (Å²) in [5.41, 5.74) is 0. The molecule has 0 radical (unpaired) electrons. The van der Waals surface area contributed by atoms with Crippen LogP contribution in [-0.4, -0.2) is 33.6 Å². The van der Waals surface area contributed by atoms with Gasteiger partial charge in [0.05, 0.1) is 6.42 Å². The van der Waals surface area contributed by atoms with E-state index >= 15 is 0 Å². The second kappa shape index (κ2) is 14.8. The molecular weight excluding hydrogens is 360 g/mol. The summed E-state index contributed by atoms with van der Waals surface area (Å²) in [7, 11) is 2.92. The molecule has 2 amide bonds. The SMILES string of the molecule is CC.CCC.O=C(CCSSc1ccccn1)ON1C(=O)CCC1=O. The molecule has 8 heteroatoms. The van der Waals surface area contributed by atoms with Gasteiger partial charge in [-0.25, -0.2) is 9.78 Å². The van der Waals surface area contributed by atoms with Crippen molar-refractivity contribution < 1.29 is 19.2 Å². The first-order valence-electron chi connectivity index (χ1n) is 8.35. The van der Waals surface area contributed by atoms with Crippen molar-refractivity contribution >= 4 is 39.4 Å². The Balaban J connectivity index is 0.00000104. The molecule has 0 unspecified atom stereocenters. The molecule has 2 heterocycles. The van der Waals surface area contributed by atoms with Gasteiger partial charge in [-0.15, -0.1) is 5.06 Å². The fourth-order valence-electron chi connectivity index (χ4n) is 1.43. The molecule has 1 aromatic rings. The van der Waals surface area contributed by atoms with Crippen molar-refractivity contribution in [1.82, 2.24) is 10.0 Å². The maximum Gasteiger partial charge on any atom is 0.334 e. The van der Waals surface area contributed by atoms with Crippen molar-refractivity contribution in [1.29, 1.82) is 0 Å². The normalized spacial score (nSPS) is 12.7. The van der Waals surface area contributed by atoms with Crippen molar-refractivity contribution in [3.8, 4) is 0 Å². The highest BCUT2D eigenvalue weighted by Gasteiger charge is 2.32. The third-order valence-electron chi connectivity index (χ3n) is 2.37. The van der Waals surface area contributed by atoms with E-state index in [0.29, 0.717) is 10.8 Å². The van der Waals surface area contributed by atoms with Crippen molar-refractivity contribution in [3.63, 3.8) is 0 Å². The Morgan fingerprint density at radius 1 is 1.20 bits per heavy atom. The predicted molar refractivity (Wildman–Crippen MR) is 102 cm³/mol. The van der Waals surface area contributed by atoms with E-state index in [0.717, 1.165) is 5.03 Å². The molecule has 1 aliphatic rings. The number of rotatable bonds is 6. The van der Waals surface area contributed by atoms with E-state index in [-0.39, 0.29) is 19.3 Å². The van der Waals surface area contributed by atoms with Crippen LogP contribution in [0.2, 0.25) is 0 Å². The number of hydroxylamine groups is 2. The number of pyridine rings is 1. The van der Waals surface area contributed by atoms with E-state index in [1.165, 1.54) is 28.0 Å². The molecule has 2 rings (SSSR count). The zero-order chi connectivity index (χ0) is 19.1. The molecule has 0 bridgehead atoms. The van der Waals surface area contributed by atoms with Crippen LogP contribution in [-0.2, 0) is 19.2 Å². The standard InChI is InChI=1S/C12H12N2O4S2.C3H8.C2H6/c15-10-4-5-11(16)14(10)18-12(17)6-8-19-20-9-3-1-2-7-13-9;1-3-2;1-2/h1-3,7H,4-6,8H2;3H2,1-2H3;1-2H3. The van der Waals surface area contributed by atoms with Gasteiger partial charge in [0, 0.05) is 24.8 Å². The summed E-state index contributed by atoms with van der Waals surface area (Å²) in [6.45, 7) is 8.25. The lowest BCUT2D eigenvalue weighted by Crippen LogP contribution is -2.32. The third-order valence-corrected chi connectivity index (χ3v) is 4.64. The Labute approximate surface area is 157 Å². The fourth-order valence-corrected chi connectivity index (χ4v) is 3.28. The highest BCUT2D eigenvalue weighted by atomic mass is 33.1. The molecule has 1 saturated heterocycles. The van der Waals surface area contributed by atoms with Crippen molar-refractivity contribution in [3.05, 3.63) is 24.4 Å². The molecule has 6 nitrogen and oxygen atoms in total. The van der Waals surface area contributed by atoms with Gasteiger partial charge < -0.3 is 4.84 Å².